The number of nitrogens with one attached hydrogen (secondary N) is 1. The molecule has 0 spiro atoms. The maximum absolute atomic E-state index is 10.3. The Bertz CT molecular complexity index is 939. The summed E-state index contributed by atoms with van der Waals surface area (Å²) in [6.45, 7) is 0.114. The average molecular weight is 437 g/mol. The quantitative estimate of drug-likeness (QED) is 0.441. The van der Waals surface area contributed by atoms with Crippen molar-refractivity contribution in [2.75, 3.05) is 11.9 Å². The van der Waals surface area contributed by atoms with Crippen LogP contribution in [-0.4, -0.2) is 65.0 Å². The molecule has 0 saturated carbocycles. The fourth-order valence-corrected chi connectivity index (χ4v) is 3.55. The van der Waals surface area contributed by atoms with Crippen LogP contribution in [0, 0.1) is 0 Å². The number of fused-ring (bicyclic) bond motifs is 1. The van der Waals surface area contributed by atoms with Gasteiger partial charge in [-0.1, -0.05) is 0 Å². The predicted octanol–water partition coefficient (Wildman–Crippen LogP) is 0.207. The van der Waals surface area contributed by atoms with Gasteiger partial charge in [-0.25, -0.2) is 14.6 Å². The largest absolute Gasteiger partial charge is 0.394 e. The fourth-order valence-electron chi connectivity index (χ4n) is 3.01. The van der Waals surface area contributed by atoms with Gasteiger partial charge in [0.1, 0.15) is 35.1 Å². The Morgan fingerprint density at radius 3 is 2.67 bits per heavy atom. The Balaban J connectivity index is 1.67. The first-order valence-electron chi connectivity index (χ1n) is 8.24. The highest BCUT2D eigenvalue weighted by Gasteiger charge is 2.44. The van der Waals surface area contributed by atoms with Gasteiger partial charge in [0.05, 0.1) is 12.0 Å². The Morgan fingerprint density at radius 1 is 1.19 bits per heavy atom. The molecular formula is C16H17BrN6O4. The number of hydrogen-bond donors (Lipinski definition) is 4. The first kappa shape index (κ1) is 18.2. The van der Waals surface area contributed by atoms with Crippen LogP contribution < -0.4 is 5.32 Å². The van der Waals surface area contributed by atoms with Gasteiger partial charge in [-0.3, -0.25) is 4.98 Å². The highest BCUT2D eigenvalue weighted by Crippen LogP contribution is 2.35. The summed E-state index contributed by atoms with van der Waals surface area (Å²) in [6, 6.07) is 3.78. The molecule has 11 heteroatoms. The van der Waals surface area contributed by atoms with Crippen LogP contribution in [0.5, 0.6) is 0 Å². The number of halogens is 1. The van der Waals surface area contributed by atoms with Gasteiger partial charge in [-0.2, -0.15) is 5.10 Å². The van der Waals surface area contributed by atoms with Gasteiger partial charge in [0.15, 0.2) is 11.9 Å². The molecule has 3 aromatic heterocycles. The van der Waals surface area contributed by atoms with E-state index in [0.717, 1.165) is 5.56 Å². The molecule has 4 atom stereocenters. The second kappa shape index (κ2) is 7.44. The third-order valence-corrected chi connectivity index (χ3v) is 4.97. The maximum atomic E-state index is 10.3. The molecule has 0 radical (unpaired) electrons. The number of nitrogens with zero attached hydrogens (tertiary/aromatic N) is 5. The van der Waals surface area contributed by atoms with E-state index < -0.39 is 31.1 Å². The number of pyridine rings is 1. The van der Waals surface area contributed by atoms with E-state index in [-0.39, 0.29) is 0 Å². The van der Waals surface area contributed by atoms with Gasteiger partial charge in [0, 0.05) is 18.9 Å². The lowest BCUT2D eigenvalue weighted by Gasteiger charge is -2.15. The monoisotopic (exact) mass is 436 g/mol. The molecule has 0 unspecified atom stereocenters. The van der Waals surface area contributed by atoms with Crippen LogP contribution in [-0.2, 0) is 11.3 Å². The highest BCUT2D eigenvalue weighted by atomic mass is 79.9. The van der Waals surface area contributed by atoms with Crippen molar-refractivity contribution < 1.29 is 20.1 Å². The van der Waals surface area contributed by atoms with E-state index in [1.54, 1.807) is 12.4 Å². The molecule has 0 aliphatic carbocycles. The van der Waals surface area contributed by atoms with E-state index in [1.807, 2.05) is 12.1 Å². The molecule has 27 heavy (non-hydrogen) atoms. The zero-order valence-corrected chi connectivity index (χ0v) is 15.6. The predicted molar refractivity (Wildman–Crippen MR) is 97.6 cm³/mol. The van der Waals surface area contributed by atoms with Gasteiger partial charge in [-0.05, 0) is 33.6 Å². The van der Waals surface area contributed by atoms with Crippen molar-refractivity contribution in [3.63, 3.8) is 0 Å². The molecule has 10 nitrogen and oxygen atoms in total. The number of anilines is 1. The normalized spacial score (nSPS) is 25.2. The summed E-state index contributed by atoms with van der Waals surface area (Å²) in [4.78, 5) is 12.5. The standard InChI is InChI=1S/C16H17BrN6O4/c17-13-10-14(19-5-8-1-3-18-4-2-8)20-7-21-15(10)23(22-13)16-12(26)11(25)9(6-24)27-16/h1-4,7,9,11-12,16,24-26H,5-6H2,(H,19,20,21)/t9-,11+,12+,16-/m1/s1. The first-order chi connectivity index (χ1) is 13.1. The zero-order valence-electron chi connectivity index (χ0n) is 14.0. The van der Waals surface area contributed by atoms with E-state index in [0.29, 0.717) is 28.0 Å². The molecule has 0 bridgehead atoms. The highest BCUT2D eigenvalue weighted by molar-refractivity contribution is 9.10. The molecule has 1 saturated heterocycles. The molecule has 1 aliphatic rings. The average Bonchev–Trinajstić information content (AvgIpc) is 3.18. The van der Waals surface area contributed by atoms with Gasteiger partial charge in [-0.15, -0.1) is 0 Å². The molecule has 1 aliphatic heterocycles. The minimum Gasteiger partial charge on any atom is -0.394 e. The van der Waals surface area contributed by atoms with Crippen molar-refractivity contribution in [3.8, 4) is 0 Å². The van der Waals surface area contributed by atoms with Gasteiger partial charge < -0.3 is 25.4 Å². The summed E-state index contributed by atoms with van der Waals surface area (Å²) in [5.41, 5.74) is 1.45. The molecule has 4 heterocycles. The SMILES string of the molecule is OC[C@H]1O[C@@H](n2nc(Br)c3c(NCc4ccncc4)ncnc32)[C@@H](O)[C@H]1O. The first-order valence-corrected chi connectivity index (χ1v) is 9.03. The van der Waals surface area contributed by atoms with Crippen molar-refractivity contribution in [3.05, 3.63) is 41.0 Å². The fraction of sp³-hybridized carbons (Fsp3) is 0.375. The summed E-state index contributed by atoms with van der Waals surface area (Å²) < 4.78 is 7.40. The van der Waals surface area contributed by atoms with Crippen molar-refractivity contribution in [2.45, 2.75) is 31.1 Å². The third kappa shape index (κ3) is 3.28. The third-order valence-electron chi connectivity index (χ3n) is 4.41. The molecular weight excluding hydrogens is 420 g/mol. The van der Waals surface area contributed by atoms with E-state index in [4.69, 9.17) is 4.74 Å². The van der Waals surface area contributed by atoms with Crippen LogP contribution in [0.25, 0.3) is 11.0 Å². The molecule has 3 aromatic rings. The van der Waals surface area contributed by atoms with Crippen LogP contribution in [0.3, 0.4) is 0 Å². The van der Waals surface area contributed by atoms with Crippen molar-refractivity contribution >= 4 is 32.8 Å². The Kier molecular flexibility index (Phi) is 5.02. The molecule has 0 amide bonds. The maximum Gasteiger partial charge on any atom is 0.181 e. The van der Waals surface area contributed by atoms with Crippen molar-refractivity contribution in [1.82, 2.24) is 24.7 Å². The topological polar surface area (TPSA) is 138 Å². The van der Waals surface area contributed by atoms with Gasteiger partial charge in [0.2, 0.25) is 0 Å². The summed E-state index contributed by atoms with van der Waals surface area (Å²) in [7, 11) is 0. The van der Waals surface area contributed by atoms with Crippen LogP contribution in [0.2, 0.25) is 0 Å². The summed E-state index contributed by atoms with van der Waals surface area (Å²) in [6.07, 6.45) is 0.459. The number of rotatable bonds is 5. The number of ether oxygens (including phenoxy) is 1. The molecule has 4 N–H and O–H groups in total. The number of hydrogen-bond acceptors (Lipinski definition) is 9. The van der Waals surface area contributed by atoms with Crippen LogP contribution in [0.1, 0.15) is 11.8 Å². The van der Waals surface area contributed by atoms with Gasteiger partial charge in [0.25, 0.3) is 0 Å². The Morgan fingerprint density at radius 2 is 1.96 bits per heavy atom. The summed E-state index contributed by atoms with van der Waals surface area (Å²) in [5, 5.41) is 37.7. The smallest absolute Gasteiger partial charge is 0.181 e. The second-order valence-corrected chi connectivity index (χ2v) is 6.85. The van der Waals surface area contributed by atoms with Crippen LogP contribution >= 0.6 is 15.9 Å². The summed E-state index contributed by atoms with van der Waals surface area (Å²) in [5.74, 6) is 0.557. The van der Waals surface area contributed by atoms with Gasteiger partial charge >= 0.3 is 0 Å². The number of aliphatic hydroxyl groups excluding tert-OH is 3. The molecule has 4 rings (SSSR count). The van der Waals surface area contributed by atoms with E-state index >= 15 is 0 Å². The van der Waals surface area contributed by atoms with E-state index in [9.17, 15) is 15.3 Å². The van der Waals surface area contributed by atoms with Crippen molar-refractivity contribution in [1.29, 1.82) is 0 Å². The van der Waals surface area contributed by atoms with E-state index in [1.165, 1.54) is 11.0 Å². The molecule has 1 fully saturated rings. The lowest BCUT2D eigenvalue weighted by molar-refractivity contribution is -0.0567. The van der Waals surface area contributed by atoms with Crippen molar-refractivity contribution in [2.24, 2.45) is 0 Å². The Hall–Kier alpha value is -2.18. The Labute approximate surface area is 162 Å². The van der Waals surface area contributed by atoms with Crippen LogP contribution in [0.15, 0.2) is 35.5 Å². The second-order valence-electron chi connectivity index (χ2n) is 6.09. The lowest BCUT2D eigenvalue weighted by Crippen LogP contribution is -2.33. The molecule has 142 valence electrons. The zero-order chi connectivity index (χ0) is 19.0. The minimum absolute atomic E-state index is 0.414. The van der Waals surface area contributed by atoms with Crippen LogP contribution in [0.4, 0.5) is 5.82 Å². The summed E-state index contributed by atoms with van der Waals surface area (Å²) >= 11 is 3.40. The number of aromatic nitrogens is 5. The van der Waals surface area contributed by atoms with E-state index in [2.05, 4.69) is 41.3 Å². The lowest BCUT2D eigenvalue weighted by atomic mass is 10.1. The molecule has 0 aromatic carbocycles. The number of aliphatic hydroxyl groups is 3. The minimum atomic E-state index is -1.25.